The molecule has 146 valence electrons. The lowest BCUT2D eigenvalue weighted by molar-refractivity contribution is 0.515. The summed E-state index contributed by atoms with van der Waals surface area (Å²) in [6, 6.07) is 5.74. The first kappa shape index (κ1) is 17.8. The standard InChI is InChI=1S/C21H21N7O/c22-9-13-7-15-11-25-21(26-16-8-14-10-23-6-5-18(14)24-12-16)27-19(15)28(20(13)29)17-3-1-2-4-17/h7-8,11-12,17,23H,1-6,10H2,(H,25,26,27). The zero-order chi connectivity index (χ0) is 19.8. The second-order valence-corrected chi connectivity index (χ2v) is 7.64. The maximum atomic E-state index is 12.9. The van der Waals surface area contributed by atoms with Gasteiger partial charge in [0.15, 0.2) is 0 Å². The van der Waals surface area contributed by atoms with Crippen molar-refractivity contribution in [2.24, 2.45) is 0 Å². The van der Waals surface area contributed by atoms with Gasteiger partial charge in [0.1, 0.15) is 17.3 Å². The summed E-state index contributed by atoms with van der Waals surface area (Å²) in [5.74, 6) is 0.416. The number of nitriles is 1. The van der Waals surface area contributed by atoms with Crippen molar-refractivity contribution in [3.05, 3.63) is 51.7 Å². The highest BCUT2D eigenvalue weighted by molar-refractivity contribution is 5.77. The number of aromatic nitrogens is 4. The van der Waals surface area contributed by atoms with Gasteiger partial charge in [0, 0.05) is 42.8 Å². The minimum Gasteiger partial charge on any atom is -0.323 e. The number of pyridine rings is 2. The zero-order valence-electron chi connectivity index (χ0n) is 16.0. The fourth-order valence-electron chi connectivity index (χ4n) is 4.31. The first-order chi connectivity index (χ1) is 14.2. The van der Waals surface area contributed by atoms with Crippen molar-refractivity contribution in [1.82, 2.24) is 24.8 Å². The Morgan fingerprint density at radius 3 is 2.90 bits per heavy atom. The molecule has 3 aromatic rings. The van der Waals surface area contributed by atoms with Crippen LogP contribution >= 0.6 is 0 Å². The molecule has 2 N–H and O–H groups in total. The third-order valence-electron chi connectivity index (χ3n) is 5.75. The second kappa shape index (κ2) is 7.26. The van der Waals surface area contributed by atoms with Crippen molar-refractivity contribution < 1.29 is 0 Å². The van der Waals surface area contributed by atoms with Gasteiger partial charge in [-0.2, -0.15) is 10.2 Å². The molecule has 0 radical (unpaired) electrons. The average molecular weight is 387 g/mol. The maximum Gasteiger partial charge on any atom is 0.270 e. The van der Waals surface area contributed by atoms with E-state index in [4.69, 9.17) is 0 Å². The van der Waals surface area contributed by atoms with E-state index in [1.165, 1.54) is 5.56 Å². The number of nitrogens with zero attached hydrogens (tertiary/aromatic N) is 5. The van der Waals surface area contributed by atoms with Crippen LogP contribution in [-0.4, -0.2) is 26.1 Å². The number of hydrogen-bond acceptors (Lipinski definition) is 7. The Bertz CT molecular complexity index is 1190. The van der Waals surface area contributed by atoms with Gasteiger partial charge in [-0.3, -0.25) is 14.3 Å². The number of rotatable bonds is 3. The number of hydrogen-bond donors (Lipinski definition) is 2. The molecule has 0 spiro atoms. The normalized spacial score (nSPS) is 16.5. The first-order valence-electron chi connectivity index (χ1n) is 10.0. The van der Waals surface area contributed by atoms with E-state index >= 15 is 0 Å². The first-order valence-corrected chi connectivity index (χ1v) is 10.0. The Labute approximate surface area is 167 Å². The molecule has 8 nitrogen and oxygen atoms in total. The maximum absolute atomic E-state index is 12.9. The van der Waals surface area contributed by atoms with Gasteiger partial charge in [-0.25, -0.2) is 4.98 Å². The van der Waals surface area contributed by atoms with E-state index < -0.39 is 0 Å². The van der Waals surface area contributed by atoms with Gasteiger partial charge in [-0.15, -0.1) is 0 Å². The lowest BCUT2D eigenvalue weighted by Gasteiger charge is -2.18. The average Bonchev–Trinajstić information content (AvgIpc) is 3.27. The van der Waals surface area contributed by atoms with Crippen molar-refractivity contribution in [1.29, 1.82) is 5.26 Å². The summed E-state index contributed by atoms with van der Waals surface area (Å²) in [5, 5.41) is 16.6. The van der Waals surface area contributed by atoms with Crippen LogP contribution in [0.25, 0.3) is 11.0 Å². The number of nitrogens with one attached hydrogen (secondary N) is 2. The molecule has 4 heterocycles. The molecular formula is C21H21N7O. The van der Waals surface area contributed by atoms with Gasteiger partial charge in [0.25, 0.3) is 5.56 Å². The van der Waals surface area contributed by atoms with E-state index in [0.717, 1.165) is 56.6 Å². The zero-order valence-corrected chi connectivity index (χ0v) is 16.0. The highest BCUT2D eigenvalue weighted by Crippen LogP contribution is 2.31. The molecule has 1 fully saturated rings. The van der Waals surface area contributed by atoms with Gasteiger partial charge in [-0.1, -0.05) is 12.8 Å². The molecule has 0 aromatic carbocycles. The number of anilines is 2. The molecule has 1 saturated carbocycles. The van der Waals surface area contributed by atoms with Crippen molar-refractivity contribution in [3.63, 3.8) is 0 Å². The Kier molecular flexibility index (Phi) is 4.45. The predicted octanol–water partition coefficient (Wildman–Crippen LogP) is 2.56. The third kappa shape index (κ3) is 3.23. The monoisotopic (exact) mass is 387 g/mol. The van der Waals surface area contributed by atoms with Crippen LogP contribution in [0.2, 0.25) is 0 Å². The summed E-state index contributed by atoms with van der Waals surface area (Å²) in [6.07, 6.45) is 8.42. The summed E-state index contributed by atoms with van der Waals surface area (Å²) in [7, 11) is 0. The lowest BCUT2D eigenvalue weighted by atomic mass is 10.1. The van der Waals surface area contributed by atoms with Crippen molar-refractivity contribution >= 4 is 22.7 Å². The van der Waals surface area contributed by atoms with Gasteiger partial charge in [0.05, 0.1) is 11.9 Å². The van der Waals surface area contributed by atoms with E-state index in [9.17, 15) is 10.1 Å². The molecule has 8 heteroatoms. The van der Waals surface area contributed by atoms with Crippen LogP contribution < -0.4 is 16.2 Å². The SMILES string of the molecule is N#Cc1cc2cnc(Nc3cnc4c(c3)CNCC4)nc2n(C2CCCC2)c1=O. The molecule has 0 unspecified atom stereocenters. The van der Waals surface area contributed by atoms with Crippen LogP contribution in [0.1, 0.15) is 48.5 Å². The smallest absolute Gasteiger partial charge is 0.270 e. The summed E-state index contributed by atoms with van der Waals surface area (Å²) in [4.78, 5) is 26.5. The largest absolute Gasteiger partial charge is 0.323 e. The van der Waals surface area contributed by atoms with Crippen LogP contribution in [0, 0.1) is 11.3 Å². The molecular weight excluding hydrogens is 366 g/mol. The van der Waals surface area contributed by atoms with E-state index in [0.29, 0.717) is 17.0 Å². The summed E-state index contributed by atoms with van der Waals surface area (Å²) in [6.45, 7) is 1.75. The summed E-state index contributed by atoms with van der Waals surface area (Å²) < 4.78 is 1.70. The van der Waals surface area contributed by atoms with Gasteiger partial charge < -0.3 is 10.6 Å². The molecule has 5 rings (SSSR count). The fraction of sp³-hybridized carbons (Fsp3) is 0.381. The predicted molar refractivity (Wildman–Crippen MR) is 109 cm³/mol. The molecule has 0 amide bonds. The van der Waals surface area contributed by atoms with E-state index in [1.54, 1.807) is 23.0 Å². The topological polar surface area (TPSA) is 109 Å². The van der Waals surface area contributed by atoms with Crippen molar-refractivity contribution in [3.8, 4) is 6.07 Å². The van der Waals surface area contributed by atoms with E-state index in [1.807, 2.05) is 6.07 Å². The van der Waals surface area contributed by atoms with Crippen molar-refractivity contribution in [2.75, 3.05) is 11.9 Å². The molecule has 1 aliphatic heterocycles. The molecule has 3 aromatic heterocycles. The van der Waals surface area contributed by atoms with Gasteiger partial charge in [-0.05, 0) is 30.5 Å². The molecule has 0 atom stereocenters. The van der Waals surface area contributed by atoms with Crippen LogP contribution in [-0.2, 0) is 13.0 Å². The number of fused-ring (bicyclic) bond motifs is 2. The van der Waals surface area contributed by atoms with Crippen molar-refractivity contribution in [2.45, 2.75) is 44.7 Å². The molecule has 29 heavy (non-hydrogen) atoms. The molecule has 1 aliphatic carbocycles. The highest BCUT2D eigenvalue weighted by atomic mass is 16.1. The Hall–Kier alpha value is -3.31. The quantitative estimate of drug-likeness (QED) is 0.711. The minimum atomic E-state index is -0.266. The second-order valence-electron chi connectivity index (χ2n) is 7.64. The third-order valence-corrected chi connectivity index (χ3v) is 5.75. The molecule has 2 aliphatic rings. The minimum absolute atomic E-state index is 0.0811. The van der Waals surface area contributed by atoms with E-state index in [-0.39, 0.29) is 17.2 Å². The van der Waals surface area contributed by atoms with Crippen LogP contribution in [0.15, 0.2) is 29.3 Å². The fourth-order valence-corrected chi connectivity index (χ4v) is 4.31. The Balaban J connectivity index is 1.57. The summed E-state index contributed by atoms with van der Waals surface area (Å²) in [5.41, 5.74) is 3.55. The Morgan fingerprint density at radius 2 is 2.07 bits per heavy atom. The van der Waals surface area contributed by atoms with Crippen LogP contribution in [0.4, 0.5) is 11.6 Å². The molecule has 0 bridgehead atoms. The van der Waals surface area contributed by atoms with Gasteiger partial charge in [0.2, 0.25) is 5.95 Å². The Morgan fingerprint density at radius 1 is 1.21 bits per heavy atom. The molecule has 0 saturated heterocycles. The highest BCUT2D eigenvalue weighted by Gasteiger charge is 2.23. The van der Waals surface area contributed by atoms with Crippen LogP contribution in [0.5, 0.6) is 0 Å². The van der Waals surface area contributed by atoms with E-state index in [2.05, 4.69) is 31.7 Å². The summed E-state index contributed by atoms with van der Waals surface area (Å²) >= 11 is 0. The lowest BCUT2D eigenvalue weighted by Crippen LogP contribution is -2.26. The van der Waals surface area contributed by atoms with Gasteiger partial charge >= 0.3 is 0 Å². The van der Waals surface area contributed by atoms with Crippen LogP contribution in [0.3, 0.4) is 0 Å².